The van der Waals surface area contributed by atoms with Gasteiger partial charge in [-0.1, -0.05) is 59.7 Å². The number of hydrogen-bond donors (Lipinski definition) is 3. The van der Waals surface area contributed by atoms with Gasteiger partial charge >= 0.3 is 5.97 Å². The summed E-state index contributed by atoms with van der Waals surface area (Å²) in [7, 11) is 0. The van der Waals surface area contributed by atoms with Crippen LogP contribution in [0.25, 0.3) is 0 Å². The highest BCUT2D eigenvalue weighted by Crippen LogP contribution is 2.35. The molecule has 0 radical (unpaired) electrons. The van der Waals surface area contributed by atoms with Crippen LogP contribution in [-0.2, 0) is 9.59 Å². The summed E-state index contributed by atoms with van der Waals surface area (Å²) in [6.07, 6.45) is -0.795. The van der Waals surface area contributed by atoms with E-state index in [-0.39, 0.29) is 30.8 Å². The van der Waals surface area contributed by atoms with Gasteiger partial charge in [0.05, 0.1) is 12.5 Å². The van der Waals surface area contributed by atoms with Crippen molar-refractivity contribution in [2.75, 3.05) is 6.54 Å². The van der Waals surface area contributed by atoms with Gasteiger partial charge in [-0.25, -0.2) is 0 Å². The Hall–Kier alpha value is -1.92. The van der Waals surface area contributed by atoms with E-state index >= 15 is 0 Å². The molecule has 1 amide bonds. The third-order valence-corrected chi connectivity index (χ3v) is 4.72. The smallest absolute Gasteiger partial charge is 0.311 e. The van der Waals surface area contributed by atoms with Gasteiger partial charge in [0.15, 0.2) is 0 Å². The maximum Gasteiger partial charge on any atom is 0.311 e. The highest BCUT2D eigenvalue weighted by molar-refractivity contribution is 5.82. The second-order valence-corrected chi connectivity index (χ2v) is 8.87. The van der Waals surface area contributed by atoms with Crippen molar-refractivity contribution in [1.29, 1.82) is 0 Å². The fourth-order valence-electron chi connectivity index (χ4n) is 2.87. The van der Waals surface area contributed by atoms with Gasteiger partial charge in [-0.2, -0.15) is 0 Å². The number of aliphatic hydroxyl groups excluding tert-OH is 1. The summed E-state index contributed by atoms with van der Waals surface area (Å²) in [5, 5.41) is 12.1. The highest BCUT2D eigenvalue weighted by atomic mass is 16.5. The second-order valence-electron chi connectivity index (χ2n) is 8.87. The number of hydrogen-bond acceptors (Lipinski definition) is 5. The van der Waals surface area contributed by atoms with Crippen LogP contribution in [0.4, 0.5) is 0 Å². The zero-order chi connectivity index (χ0) is 21.6. The number of rotatable bonds is 9. The largest absolute Gasteiger partial charge is 0.426 e. The third-order valence-electron chi connectivity index (χ3n) is 4.72. The summed E-state index contributed by atoms with van der Waals surface area (Å²) in [5.41, 5.74) is 7.13. The lowest BCUT2D eigenvalue weighted by atomic mass is 9.89. The number of carbonyl (C=O) groups excluding carboxylic acids is 2. The molecule has 0 aromatic heterocycles. The average molecular weight is 393 g/mol. The second kappa shape index (κ2) is 10.0. The number of aliphatic hydroxyl groups is 1. The lowest BCUT2D eigenvalue weighted by Gasteiger charge is -2.26. The minimum Gasteiger partial charge on any atom is -0.426 e. The fourth-order valence-corrected chi connectivity index (χ4v) is 2.87. The topological polar surface area (TPSA) is 102 Å². The Morgan fingerprint density at radius 1 is 1.11 bits per heavy atom. The minimum atomic E-state index is -0.991. The number of nitrogens with two attached hydrogens (primary N) is 1. The summed E-state index contributed by atoms with van der Waals surface area (Å²) in [4.78, 5) is 24.6. The number of benzene rings is 1. The molecule has 0 saturated heterocycles. The molecule has 0 aliphatic heterocycles. The normalized spacial score (nSPS) is 14.1. The van der Waals surface area contributed by atoms with E-state index in [1.807, 2.05) is 32.0 Å². The van der Waals surface area contributed by atoms with Crippen LogP contribution in [0.3, 0.4) is 0 Å². The third kappa shape index (κ3) is 6.91. The van der Waals surface area contributed by atoms with Gasteiger partial charge < -0.3 is 20.9 Å². The first kappa shape index (κ1) is 24.1. The number of ether oxygens (including phenoxy) is 1. The van der Waals surface area contributed by atoms with E-state index in [9.17, 15) is 14.7 Å². The van der Waals surface area contributed by atoms with Crippen LogP contribution in [0.15, 0.2) is 18.2 Å². The quantitative estimate of drug-likeness (QED) is 0.443. The van der Waals surface area contributed by atoms with Gasteiger partial charge in [0.1, 0.15) is 11.8 Å². The number of carbonyl (C=O) groups is 2. The molecule has 2 atom stereocenters. The van der Waals surface area contributed by atoms with Crippen molar-refractivity contribution < 1.29 is 19.4 Å². The van der Waals surface area contributed by atoms with Crippen molar-refractivity contribution in [2.45, 2.75) is 78.9 Å². The summed E-state index contributed by atoms with van der Waals surface area (Å²) < 4.78 is 5.81. The monoisotopic (exact) mass is 392 g/mol. The predicted octanol–water partition coefficient (Wildman–Crippen LogP) is 3.08. The Morgan fingerprint density at radius 3 is 2.04 bits per heavy atom. The molecule has 0 aliphatic rings. The van der Waals surface area contributed by atoms with Crippen molar-refractivity contribution in [1.82, 2.24) is 5.32 Å². The van der Waals surface area contributed by atoms with E-state index in [0.29, 0.717) is 5.75 Å². The van der Waals surface area contributed by atoms with Crippen LogP contribution in [0, 0.1) is 5.41 Å². The molecule has 0 spiro atoms. The van der Waals surface area contributed by atoms with Crippen LogP contribution < -0.4 is 15.8 Å². The van der Waals surface area contributed by atoms with Crippen LogP contribution >= 0.6 is 0 Å². The Morgan fingerprint density at radius 2 is 1.61 bits per heavy atom. The number of esters is 1. The van der Waals surface area contributed by atoms with Crippen LogP contribution in [0.1, 0.15) is 77.8 Å². The van der Waals surface area contributed by atoms with E-state index in [0.717, 1.165) is 11.1 Å². The van der Waals surface area contributed by atoms with Crippen molar-refractivity contribution >= 4 is 11.9 Å². The van der Waals surface area contributed by atoms with Crippen molar-refractivity contribution in [3.05, 3.63) is 29.3 Å². The Labute approximate surface area is 168 Å². The van der Waals surface area contributed by atoms with Crippen LogP contribution in [-0.4, -0.2) is 35.7 Å². The van der Waals surface area contributed by atoms with Crippen LogP contribution in [0.2, 0.25) is 0 Å². The predicted molar refractivity (Wildman–Crippen MR) is 111 cm³/mol. The first-order chi connectivity index (χ1) is 12.9. The molecule has 0 heterocycles. The Bertz CT molecular complexity index is 655. The molecule has 1 aromatic carbocycles. The molecule has 1 rings (SSSR count). The van der Waals surface area contributed by atoms with E-state index in [1.54, 1.807) is 0 Å². The molecule has 28 heavy (non-hydrogen) atoms. The average Bonchev–Trinajstić information content (AvgIpc) is 2.58. The van der Waals surface area contributed by atoms with Gasteiger partial charge in [-0.3, -0.25) is 9.59 Å². The molecular weight excluding hydrogens is 356 g/mol. The van der Waals surface area contributed by atoms with Crippen molar-refractivity contribution in [3.8, 4) is 5.75 Å². The first-order valence-electron chi connectivity index (χ1n) is 9.90. The Kier molecular flexibility index (Phi) is 8.64. The van der Waals surface area contributed by atoms with E-state index in [4.69, 9.17) is 10.5 Å². The molecule has 6 heteroatoms. The van der Waals surface area contributed by atoms with Crippen molar-refractivity contribution in [2.24, 2.45) is 11.1 Å². The summed E-state index contributed by atoms with van der Waals surface area (Å²) in [5.74, 6) is 0.331. The summed E-state index contributed by atoms with van der Waals surface area (Å²) in [6, 6.07) is 4.98. The summed E-state index contributed by atoms with van der Waals surface area (Å²) in [6.45, 7) is 13.8. The minimum absolute atomic E-state index is 0.140. The molecule has 0 saturated carbocycles. The van der Waals surface area contributed by atoms with Gasteiger partial charge in [0.2, 0.25) is 5.91 Å². The van der Waals surface area contributed by atoms with E-state index in [1.165, 1.54) is 6.92 Å². The van der Waals surface area contributed by atoms with Gasteiger partial charge in [-0.05, 0) is 35.3 Å². The fraction of sp³-hybridized carbons (Fsp3) is 0.636. The number of nitrogens with one attached hydrogen (secondary N) is 1. The van der Waals surface area contributed by atoms with Crippen molar-refractivity contribution in [3.63, 3.8) is 0 Å². The Balaban J connectivity index is 2.85. The number of amides is 1. The van der Waals surface area contributed by atoms with Crippen LogP contribution in [0.5, 0.6) is 5.75 Å². The standard InChI is InChI=1S/C22H36N2O4/c1-13(2)16-9-8-10-17(14(3)4)20(16)28-18(26)11-22(6,7)12-24-21(27)19(23)15(5)25/h8-10,13-15,19,25H,11-12,23H2,1-7H3,(H,24,27)/t15-,19+/m1/s1. The molecular formula is C22H36N2O4. The summed E-state index contributed by atoms with van der Waals surface area (Å²) >= 11 is 0. The molecule has 4 N–H and O–H groups in total. The zero-order valence-electron chi connectivity index (χ0n) is 18.2. The molecule has 0 unspecified atom stereocenters. The first-order valence-corrected chi connectivity index (χ1v) is 9.90. The molecule has 158 valence electrons. The zero-order valence-corrected chi connectivity index (χ0v) is 18.2. The van der Waals surface area contributed by atoms with Gasteiger partial charge in [0.25, 0.3) is 0 Å². The maximum absolute atomic E-state index is 12.7. The molecule has 0 aliphatic carbocycles. The van der Waals surface area contributed by atoms with Gasteiger partial charge in [0, 0.05) is 6.54 Å². The highest BCUT2D eigenvalue weighted by Gasteiger charge is 2.27. The molecule has 1 aromatic rings. The van der Waals surface area contributed by atoms with E-state index in [2.05, 4.69) is 33.0 Å². The van der Waals surface area contributed by atoms with E-state index < -0.39 is 23.5 Å². The maximum atomic E-state index is 12.7. The number of para-hydroxylation sites is 1. The van der Waals surface area contributed by atoms with Gasteiger partial charge in [-0.15, -0.1) is 0 Å². The lowest BCUT2D eigenvalue weighted by Crippen LogP contribution is -2.49. The molecule has 0 fully saturated rings. The lowest BCUT2D eigenvalue weighted by molar-refractivity contribution is -0.137. The molecule has 6 nitrogen and oxygen atoms in total. The molecule has 0 bridgehead atoms. The SMILES string of the molecule is CC(C)c1cccc(C(C)C)c1OC(=O)CC(C)(C)CNC(=O)[C@@H](N)[C@@H](C)O.